The Hall–Kier alpha value is -1.62. The number of halogens is 1. The molecule has 1 N–H and O–H groups in total. The third-order valence-electron chi connectivity index (χ3n) is 4.39. The number of aryl methyl sites for hydroxylation is 1. The van der Waals surface area contributed by atoms with Gasteiger partial charge in [0.15, 0.2) is 0 Å². The second kappa shape index (κ2) is 9.36. The fourth-order valence-corrected chi connectivity index (χ4v) is 4.28. The number of benzene rings is 1. The van der Waals surface area contributed by atoms with Crippen molar-refractivity contribution in [1.29, 1.82) is 0 Å². The van der Waals surface area contributed by atoms with Crippen molar-refractivity contribution < 1.29 is 0 Å². The first kappa shape index (κ1) is 19.2. The van der Waals surface area contributed by atoms with Crippen LogP contribution in [-0.2, 0) is 6.54 Å². The summed E-state index contributed by atoms with van der Waals surface area (Å²) in [6.45, 7) is 8.68. The maximum absolute atomic E-state index is 6.07. The normalized spacial score (nSPS) is 11.4. The van der Waals surface area contributed by atoms with Crippen molar-refractivity contribution in [1.82, 2.24) is 9.88 Å². The van der Waals surface area contributed by atoms with Crippen molar-refractivity contribution in [2.75, 3.05) is 25.0 Å². The van der Waals surface area contributed by atoms with Gasteiger partial charge in [0.05, 0.1) is 5.52 Å². The minimum absolute atomic E-state index is 0.723. The number of rotatable bonds is 9. The Bertz CT molecular complexity index is 846. The highest BCUT2D eigenvalue weighted by Gasteiger charge is 2.07. The molecule has 0 radical (unpaired) electrons. The largest absolute Gasteiger partial charge is 0.384 e. The molecule has 0 bridgehead atoms. The first-order valence-corrected chi connectivity index (χ1v) is 10.4. The number of hydrogen-bond donors (Lipinski definition) is 1. The lowest BCUT2D eigenvalue weighted by atomic mass is 10.2. The zero-order valence-corrected chi connectivity index (χ0v) is 17.0. The van der Waals surface area contributed by atoms with Gasteiger partial charge in [-0.15, -0.1) is 11.3 Å². The highest BCUT2D eigenvalue weighted by molar-refractivity contribution is 7.11. The fraction of sp³-hybridized carbons (Fsp3) is 0.381. The minimum atomic E-state index is 0.723. The van der Waals surface area contributed by atoms with Crippen LogP contribution in [0.2, 0.25) is 5.02 Å². The molecule has 0 aliphatic carbocycles. The van der Waals surface area contributed by atoms with Gasteiger partial charge in [0.2, 0.25) is 0 Å². The summed E-state index contributed by atoms with van der Waals surface area (Å²) in [7, 11) is 0. The van der Waals surface area contributed by atoms with E-state index in [9.17, 15) is 0 Å². The van der Waals surface area contributed by atoms with Crippen molar-refractivity contribution in [3.8, 4) is 0 Å². The van der Waals surface area contributed by atoms with Crippen LogP contribution in [0.5, 0.6) is 0 Å². The van der Waals surface area contributed by atoms with Gasteiger partial charge in [-0.2, -0.15) is 0 Å². The van der Waals surface area contributed by atoms with E-state index in [0.717, 1.165) is 54.2 Å². The van der Waals surface area contributed by atoms with Crippen molar-refractivity contribution in [3.63, 3.8) is 0 Å². The Morgan fingerprint density at radius 3 is 2.81 bits per heavy atom. The molecule has 2 heterocycles. The van der Waals surface area contributed by atoms with Gasteiger partial charge >= 0.3 is 0 Å². The standard InChI is InChI=1S/C21H26ClN3S/c1-3-12-25(15-18-7-5-16(2)26-18)13-4-10-23-20-9-11-24-21-14-17(22)6-8-19(20)21/h5-9,11,14H,3-4,10,12-13,15H2,1-2H3,(H,23,24). The molecule has 0 saturated carbocycles. The smallest absolute Gasteiger partial charge is 0.0737 e. The molecular weight excluding hydrogens is 362 g/mol. The number of anilines is 1. The van der Waals surface area contributed by atoms with Gasteiger partial charge in [-0.25, -0.2) is 0 Å². The van der Waals surface area contributed by atoms with Crippen LogP contribution in [0, 0.1) is 6.92 Å². The van der Waals surface area contributed by atoms with Gasteiger partial charge in [-0.1, -0.05) is 18.5 Å². The molecule has 0 saturated heterocycles. The van der Waals surface area contributed by atoms with Gasteiger partial charge < -0.3 is 5.32 Å². The second-order valence-corrected chi connectivity index (χ2v) is 8.40. The summed E-state index contributed by atoms with van der Waals surface area (Å²) in [5.41, 5.74) is 2.06. The van der Waals surface area contributed by atoms with E-state index < -0.39 is 0 Å². The summed E-state index contributed by atoms with van der Waals surface area (Å²) in [4.78, 5) is 9.80. The molecule has 5 heteroatoms. The van der Waals surface area contributed by atoms with Crippen LogP contribution >= 0.6 is 22.9 Å². The Kier molecular flexibility index (Phi) is 6.89. The Morgan fingerprint density at radius 2 is 2.04 bits per heavy atom. The summed E-state index contributed by atoms with van der Waals surface area (Å²) < 4.78 is 0. The van der Waals surface area contributed by atoms with Crippen LogP contribution in [-0.4, -0.2) is 29.5 Å². The molecule has 3 nitrogen and oxygen atoms in total. The highest BCUT2D eigenvalue weighted by Crippen LogP contribution is 2.24. The number of nitrogens with zero attached hydrogens (tertiary/aromatic N) is 2. The molecule has 1 aromatic carbocycles. The molecule has 2 aromatic heterocycles. The summed E-state index contributed by atoms with van der Waals surface area (Å²) >= 11 is 7.97. The number of fused-ring (bicyclic) bond motifs is 1. The summed E-state index contributed by atoms with van der Waals surface area (Å²) in [5.74, 6) is 0. The maximum Gasteiger partial charge on any atom is 0.0737 e. The lowest BCUT2D eigenvalue weighted by molar-refractivity contribution is 0.267. The van der Waals surface area contributed by atoms with E-state index in [-0.39, 0.29) is 0 Å². The fourth-order valence-electron chi connectivity index (χ4n) is 3.18. The molecule has 0 spiro atoms. The van der Waals surface area contributed by atoms with E-state index in [2.05, 4.69) is 41.2 Å². The van der Waals surface area contributed by atoms with E-state index in [0.29, 0.717) is 0 Å². The van der Waals surface area contributed by atoms with E-state index in [1.165, 1.54) is 16.2 Å². The Balaban J connectivity index is 1.53. The monoisotopic (exact) mass is 387 g/mol. The van der Waals surface area contributed by atoms with Crippen molar-refractivity contribution in [2.45, 2.75) is 33.2 Å². The summed E-state index contributed by atoms with van der Waals surface area (Å²) in [6.07, 6.45) is 4.14. The zero-order chi connectivity index (χ0) is 18.4. The Labute approximate surface area is 165 Å². The quantitative estimate of drug-likeness (QED) is 0.458. The van der Waals surface area contributed by atoms with Crippen molar-refractivity contribution >= 4 is 39.5 Å². The van der Waals surface area contributed by atoms with Crippen LogP contribution in [0.1, 0.15) is 29.5 Å². The molecule has 0 aliphatic rings. The Morgan fingerprint density at radius 1 is 1.15 bits per heavy atom. The summed E-state index contributed by atoms with van der Waals surface area (Å²) in [6, 6.07) is 12.4. The minimum Gasteiger partial charge on any atom is -0.384 e. The molecule has 0 atom stereocenters. The highest BCUT2D eigenvalue weighted by atomic mass is 35.5. The molecular formula is C21H26ClN3S. The lowest BCUT2D eigenvalue weighted by Crippen LogP contribution is -2.26. The first-order chi connectivity index (χ1) is 12.7. The number of pyridine rings is 1. The van der Waals surface area contributed by atoms with E-state index in [1.54, 1.807) is 0 Å². The van der Waals surface area contributed by atoms with E-state index in [4.69, 9.17) is 11.6 Å². The lowest BCUT2D eigenvalue weighted by Gasteiger charge is -2.21. The molecule has 0 unspecified atom stereocenters. The van der Waals surface area contributed by atoms with Crippen LogP contribution in [0.4, 0.5) is 5.69 Å². The second-order valence-electron chi connectivity index (χ2n) is 6.59. The van der Waals surface area contributed by atoms with Crippen LogP contribution in [0.25, 0.3) is 10.9 Å². The van der Waals surface area contributed by atoms with Crippen molar-refractivity contribution in [3.05, 3.63) is 57.4 Å². The van der Waals surface area contributed by atoms with Gasteiger partial charge in [0.1, 0.15) is 0 Å². The zero-order valence-electron chi connectivity index (χ0n) is 15.5. The topological polar surface area (TPSA) is 28.2 Å². The molecule has 0 aliphatic heterocycles. The first-order valence-electron chi connectivity index (χ1n) is 9.21. The van der Waals surface area contributed by atoms with Gasteiger partial charge in [-0.3, -0.25) is 9.88 Å². The van der Waals surface area contributed by atoms with Crippen molar-refractivity contribution in [2.24, 2.45) is 0 Å². The van der Waals surface area contributed by atoms with Crippen LogP contribution < -0.4 is 5.32 Å². The molecule has 26 heavy (non-hydrogen) atoms. The number of aromatic nitrogens is 1. The average molecular weight is 388 g/mol. The van der Waals surface area contributed by atoms with Gasteiger partial charge in [0.25, 0.3) is 0 Å². The van der Waals surface area contributed by atoms with Gasteiger partial charge in [0, 0.05) is 51.7 Å². The van der Waals surface area contributed by atoms with Crippen LogP contribution in [0.15, 0.2) is 42.6 Å². The molecule has 138 valence electrons. The average Bonchev–Trinajstić information content (AvgIpc) is 3.03. The number of nitrogens with one attached hydrogen (secondary N) is 1. The number of thiophene rings is 1. The van der Waals surface area contributed by atoms with E-state index in [1.807, 2.05) is 41.8 Å². The van der Waals surface area contributed by atoms with Crippen LogP contribution in [0.3, 0.4) is 0 Å². The van der Waals surface area contributed by atoms with E-state index >= 15 is 0 Å². The molecule has 0 amide bonds. The predicted molar refractivity (Wildman–Crippen MR) is 114 cm³/mol. The molecule has 3 aromatic rings. The predicted octanol–water partition coefficient (Wildman–Crippen LogP) is 5.97. The molecule has 0 fully saturated rings. The number of hydrogen-bond acceptors (Lipinski definition) is 4. The third-order valence-corrected chi connectivity index (χ3v) is 5.61. The maximum atomic E-state index is 6.07. The molecule has 3 rings (SSSR count). The third kappa shape index (κ3) is 5.19. The SMILES string of the molecule is CCCN(CCCNc1ccnc2cc(Cl)ccc12)Cc1ccc(C)s1. The summed E-state index contributed by atoms with van der Waals surface area (Å²) in [5, 5.41) is 5.41. The van der Waals surface area contributed by atoms with Gasteiger partial charge in [-0.05, 0) is 62.7 Å².